The van der Waals surface area contributed by atoms with Gasteiger partial charge < -0.3 is 15.1 Å². The number of amides is 2. The molecule has 7 atom stereocenters. The lowest BCUT2D eigenvalue weighted by Crippen LogP contribution is -2.55. The maximum absolute atomic E-state index is 13.3. The van der Waals surface area contributed by atoms with Crippen LogP contribution in [0.2, 0.25) is 0 Å². The first-order valence-electron chi connectivity index (χ1n) is 12.0. The average Bonchev–Trinajstić information content (AvgIpc) is 3.49. The van der Waals surface area contributed by atoms with Crippen molar-refractivity contribution in [1.82, 2.24) is 41.9 Å². The molecule has 31 heavy (non-hydrogen) atoms. The molecule has 0 aromatic heterocycles. The Bertz CT molecular complexity index is 678. The zero-order chi connectivity index (χ0) is 21.5. The van der Waals surface area contributed by atoms with Crippen molar-refractivity contribution in [3.63, 3.8) is 0 Å². The zero-order valence-electron chi connectivity index (χ0n) is 18.8. The van der Waals surface area contributed by atoms with Crippen molar-refractivity contribution in [2.75, 3.05) is 40.3 Å². The van der Waals surface area contributed by atoms with Gasteiger partial charge in [-0.2, -0.15) is 5.53 Å². The Morgan fingerprint density at radius 3 is 2.65 bits per heavy atom. The van der Waals surface area contributed by atoms with E-state index in [2.05, 4.69) is 27.1 Å². The van der Waals surface area contributed by atoms with Gasteiger partial charge in [0.1, 0.15) is 6.04 Å². The summed E-state index contributed by atoms with van der Waals surface area (Å²) in [7, 11) is 3.84. The minimum Gasteiger partial charge on any atom is -0.343 e. The number of likely N-dealkylation sites (N-methyl/N-ethyl adjacent to an activating group) is 2. The average molecular weight is 435 g/mol. The first-order chi connectivity index (χ1) is 15.0. The third-order valence-electron chi connectivity index (χ3n) is 8.07. The fourth-order valence-electron chi connectivity index (χ4n) is 6.36. The second-order valence-electron chi connectivity index (χ2n) is 10.3. The number of hydrogen-bond acceptors (Lipinski definition) is 8. The number of likely N-dealkylation sites (tertiary alicyclic amines) is 1. The van der Waals surface area contributed by atoms with E-state index in [-0.39, 0.29) is 41.9 Å². The first-order valence-corrected chi connectivity index (χ1v) is 12.0. The van der Waals surface area contributed by atoms with Crippen LogP contribution in [0.15, 0.2) is 0 Å². The molecule has 7 unspecified atom stereocenters. The van der Waals surface area contributed by atoms with Crippen LogP contribution in [0.1, 0.15) is 38.5 Å². The van der Waals surface area contributed by atoms with Crippen LogP contribution in [0.4, 0.5) is 0 Å². The van der Waals surface area contributed by atoms with Crippen molar-refractivity contribution in [1.29, 1.82) is 0 Å². The van der Waals surface area contributed by atoms with E-state index in [0.717, 1.165) is 25.9 Å². The number of hydrogen-bond donors (Lipinski definition) is 5. The topological polar surface area (TPSA) is 104 Å². The minimum atomic E-state index is -0.295. The highest BCUT2D eigenvalue weighted by Gasteiger charge is 2.47. The second-order valence-corrected chi connectivity index (χ2v) is 10.3. The normalized spacial score (nSPS) is 40.6. The Morgan fingerprint density at radius 1 is 1.03 bits per heavy atom. The van der Waals surface area contributed by atoms with Gasteiger partial charge in [-0.15, -0.1) is 0 Å². The molecule has 10 nitrogen and oxygen atoms in total. The summed E-state index contributed by atoms with van der Waals surface area (Å²) in [6, 6.07) is 0.628. The van der Waals surface area contributed by atoms with Crippen LogP contribution in [0.25, 0.3) is 0 Å². The molecule has 0 spiro atoms. The number of piperidine rings is 1. The Hall–Kier alpha value is -1.30. The number of nitrogens with one attached hydrogen (secondary N) is 5. The molecule has 0 radical (unpaired) electrons. The molecule has 1 aliphatic carbocycles. The van der Waals surface area contributed by atoms with Gasteiger partial charge in [0, 0.05) is 58.3 Å². The Balaban J connectivity index is 1.18. The first kappa shape index (κ1) is 21.5. The highest BCUT2D eigenvalue weighted by molar-refractivity contribution is 5.84. The summed E-state index contributed by atoms with van der Waals surface area (Å²) < 4.78 is 0. The van der Waals surface area contributed by atoms with E-state index in [4.69, 9.17) is 0 Å². The van der Waals surface area contributed by atoms with E-state index in [1.165, 1.54) is 25.7 Å². The lowest BCUT2D eigenvalue weighted by Gasteiger charge is -2.37. The quantitative estimate of drug-likeness (QED) is 0.360. The molecule has 174 valence electrons. The number of rotatable bonds is 4. The lowest BCUT2D eigenvalue weighted by molar-refractivity contribution is -0.138. The number of nitrogens with zero attached hydrogens (tertiary/aromatic N) is 3. The lowest BCUT2D eigenvalue weighted by atomic mass is 9.84. The largest absolute Gasteiger partial charge is 0.343 e. The van der Waals surface area contributed by atoms with Crippen LogP contribution in [0.3, 0.4) is 0 Å². The molecule has 5 N–H and O–H groups in total. The zero-order valence-corrected chi connectivity index (χ0v) is 18.8. The Morgan fingerprint density at radius 2 is 1.87 bits per heavy atom. The highest BCUT2D eigenvalue weighted by Crippen LogP contribution is 2.34. The summed E-state index contributed by atoms with van der Waals surface area (Å²) in [6.07, 6.45) is 6.90. The maximum atomic E-state index is 13.3. The molecule has 0 aromatic carbocycles. The molecule has 0 aromatic rings. The van der Waals surface area contributed by atoms with E-state index in [0.29, 0.717) is 25.0 Å². The van der Waals surface area contributed by atoms with Gasteiger partial charge in [-0.05, 0) is 31.6 Å². The molecule has 5 aliphatic rings. The summed E-state index contributed by atoms with van der Waals surface area (Å²) in [5.74, 6) is 1.10. The predicted molar refractivity (Wildman–Crippen MR) is 116 cm³/mol. The van der Waals surface area contributed by atoms with Crippen molar-refractivity contribution in [2.24, 2.45) is 11.8 Å². The molecule has 0 bridgehead atoms. The SMILES string of the molecule is CN1CC(CN(C)C(=O)C2NNC3CCN(C(=O)C4CC5CCCCC5N4)CC32)NN1. The summed E-state index contributed by atoms with van der Waals surface area (Å²) in [6.45, 7) is 2.90. The predicted octanol–water partition coefficient (Wildman–Crippen LogP) is -1.62. The highest BCUT2D eigenvalue weighted by atomic mass is 16.2. The number of fused-ring (bicyclic) bond motifs is 2. The fraction of sp³-hybridized carbons (Fsp3) is 0.905. The minimum absolute atomic E-state index is 0.0401. The number of carbonyl (C=O) groups excluding carboxylic acids is 2. The molecular weight excluding hydrogens is 396 g/mol. The summed E-state index contributed by atoms with van der Waals surface area (Å²) >= 11 is 0. The van der Waals surface area contributed by atoms with Gasteiger partial charge in [0.2, 0.25) is 11.8 Å². The van der Waals surface area contributed by atoms with Crippen molar-refractivity contribution < 1.29 is 9.59 Å². The Kier molecular flexibility index (Phi) is 6.19. The van der Waals surface area contributed by atoms with Gasteiger partial charge in [0.15, 0.2) is 0 Å². The summed E-state index contributed by atoms with van der Waals surface area (Å²) in [5.41, 5.74) is 12.8. The van der Waals surface area contributed by atoms with Crippen molar-refractivity contribution in [3.8, 4) is 0 Å². The number of carbonyl (C=O) groups is 2. The van der Waals surface area contributed by atoms with Gasteiger partial charge in [-0.1, -0.05) is 12.8 Å². The molecule has 5 rings (SSSR count). The van der Waals surface area contributed by atoms with E-state index in [1.54, 1.807) is 0 Å². The molecule has 10 heteroatoms. The van der Waals surface area contributed by atoms with Crippen molar-refractivity contribution in [3.05, 3.63) is 0 Å². The molecular formula is C21H38N8O2. The standard InChI is InChI=1S/C21H38N8O2/c1-27(10-14-11-28(2)26-23-14)21(31)19-15-12-29(8-7-17(15)24-25-19)20(30)18-9-13-5-3-4-6-16(13)22-18/h13-19,22-26H,3-12H2,1-2H3. The molecule has 1 saturated carbocycles. The van der Waals surface area contributed by atoms with Crippen LogP contribution >= 0.6 is 0 Å². The van der Waals surface area contributed by atoms with Gasteiger partial charge in [0.25, 0.3) is 0 Å². The third-order valence-corrected chi connectivity index (χ3v) is 8.07. The van der Waals surface area contributed by atoms with Crippen molar-refractivity contribution in [2.45, 2.75) is 68.7 Å². The monoisotopic (exact) mass is 434 g/mol. The van der Waals surface area contributed by atoms with Gasteiger partial charge in [-0.25, -0.2) is 15.9 Å². The Labute approximate surface area is 184 Å². The molecule has 5 fully saturated rings. The van der Waals surface area contributed by atoms with Crippen LogP contribution < -0.4 is 27.1 Å². The second kappa shape index (κ2) is 8.92. The van der Waals surface area contributed by atoms with Crippen LogP contribution in [0.5, 0.6) is 0 Å². The van der Waals surface area contributed by atoms with Crippen LogP contribution in [-0.2, 0) is 9.59 Å². The number of hydrazine groups is 3. The molecule has 4 aliphatic heterocycles. The fourth-order valence-corrected chi connectivity index (χ4v) is 6.36. The maximum Gasteiger partial charge on any atom is 0.241 e. The van der Waals surface area contributed by atoms with Crippen LogP contribution in [-0.4, -0.2) is 97.1 Å². The molecule has 4 saturated heterocycles. The molecule has 2 amide bonds. The van der Waals surface area contributed by atoms with Gasteiger partial charge in [0.05, 0.1) is 12.1 Å². The third kappa shape index (κ3) is 4.34. The van der Waals surface area contributed by atoms with Gasteiger partial charge in [-0.3, -0.25) is 15.0 Å². The smallest absolute Gasteiger partial charge is 0.241 e. The van der Waals surface area contributed by atoms with E-state index < -0.39 is 0 Å². The molecule has 4 heterocycles. The van der Waals surface area contributed by atoms with Crippen molar-refractivity contribution >= 4 is 11.8 Å². The van der Waals surface area contributed by atoms with E-state index in [9.17, 15) is 9.59 Å². The van der Waals surface area contributed by atoms with Crippen LogP contribution in [0, 0.1) is 11.8 Å². The summed E-state index contributed by atoms with van der Waals surface area (Å²) in [4.78, 5) is 30.4. The summed E-state index contributed by atoms with van der Waals surface area (Å²) in [5, 5.41) is 5.61. The van der Waals surface area contributed by atoms with E-state index in [1.807, 2.05) is 28.9 Å². The van der Waals surface area contributed by atoms with Gasteiger partial charge >= 0.3 is 0 Å². The van der Waals surface area contributed by atoms with E-state index >= 15 is 0 Å².